The highest BCUT2D eigenvalue weighted by molar-refractivity contribution is 7.45. The molecule has 8 nitrogen and oxygen atoms in total. The SMILES string of the molecule is CC/C=C\C/C=C\C/C=C\C/C=C\C/C=C\CCCCCCCCCCCC(=O)NC(COP(=O)([O-])OCC[N+](C)(C)C)C(O)/C=C/CC/C=C/CCCCCCCCCCCCCCCC. The quantitative estimate of drug-likeness (QED) is 0.0272. The molecule has 3 atom stereocenters. The number of likely N-dealkylation sites (N-methyl/N-ethyl adjacent to an activating group) is 1. The number of aliphatic hydroxyl groups is 1. The number of unbranched alkanes of at least 4 members (excludes halogenated alkanes) is 24. The van der Waals surface area contributed by atoms with E-state index in [1.165, 1.54) is 122 Å². The number of hydrogen-bond acceptors (Lipinski definition) is 6. The van der Waals surface area contributed by atoms with E-state index in [1.807, 2.05) is 27.2 Å². The fourth-order valence-corrected chi connectivity index (χ4v) is 8.27. The first-order valence-electron chi connectivity index (χ1n) is 27.4. The number of phosphoric acid groups is 1. The zero-order valence-electron chi connectivity index (χ0n) is 44.1. The standard InChI is InChI=1S/C58H105N2O6P/c1-6-8-10-12-14-16-18-20-22-24-26-28-29-30-31-32-34-36-38-40-42-44-46-48-50-52-58(62)59-56(55-66-67(63,64)65-54-53-60(3,4)5)57(61)51-49-47-45-43-41-39-37-35-33-27-25-23-21-19-17-15-13-11-9-7-2/h8,10,14,16,20,22,26,28,30-31,41,43,49,51,56-57,61H,6-7,9,11-13,15,17-19,21,23-25,27,29,32-40,42,44-48,50,52-55H2,1-5H3,(H-,59,62,63,64)/b10-8-,16-14-,22-20-,28-26-,31-30-,43-41+,51-49+. The molecule has 1 amide bonds. The lowest BCUT2D eigenvalue weighted by molar-refractivity contribution is -0.870. The van der Waals surface area contributed by atoms with Gasteiger partial charge in [0.2, 0.25) is 5.91 Å². The smallest absolute Gasteiger partial charge is 0.268 e. The third kappa shape index (κ3) is 51.4. The van der Waals surface area contributed by atoms with Gasteiger partial charge in [-0.3, -0.25) is 9.36 Å². The number of hydrogen-bond donors (Lipinski definition) is 2. The van der Waals surface area contributed by atoms with Crippen LogP contribution in [0.2, 0.25) is 0 Å². The monoisotopic (exact) mass is 957 g/mol. The number of nitrogens with zero attached hydrogens (tertiary/aromatic N) is 1. The van der Waals surface area contributed by atoms with Gasteiger partial charge < -0.3 is 28.8 Å². The number of quaternary nitrogens is 1. The van der Waals surface area contributed by atoms with E-state index < -0.39 is 26.6 Å². The highest BCUT2D eigenvalue weighted by Gasteiger charge is 2.23. The second-order valence-corrected chi connectivity index (χ2v) is 21.0. The molecule has 0 aliphatic heterocycles. The lowest BCUT2D eigenvalue weighted by atomic mass is 10.0. The molecule has 3 unspecified atom stereocenters. The fraction of sp³-hybridized carbons (Fsp3) is 0.741. The van der Waals surface area contributed by atoms with Gasteiger partial charge in [0.25, 0.3) is 7.82 Å². The second-order valence-electron chi connectivity index (χ2n) is 19.5. The summed E-state index contributed by atoms with van der Waals surface area (Å²) in [6.45, 7) is 4.51. The lowest BCUT2D eigenvalue weighted by Gasteiger charge is -2.29. The van der Waals surface area contributed by atoms with Crippen molar-refractivity contribution in [1.29, 1.82) is 0 Å². The van der Waals surface area contributed by atoms with Gasteiger partial charge >= 0.3 is 0 Å². The maximum absolute atomic E-state index is 12.9. The van der Waals surface area contributed by atoms with E-state index >= 15 is 0 Å². The average molecular weight is 957 g/mol. The molecule has 0 fully saturated rings. The number of phosphoric ester groups is 1. The number of allylic oxidation sites excluding steroid dienone is 13. The van der Waals surface area contributed by atoms with Gasteiger partial charge in [-0.15, -0.1) is 0 Å². The number of aliphatic hydroxyl groups excluding tert-OH is 1. The van der Waals surface area contributed by atoms with Gasteiger partial charge in [-0.05, 0) is 77.0 Å². The normalized spacial score (nSPS) is 14.7. The molecular formula is C58H105N2O6P. The zero-order valence-corrected chi connectivity index (χ0v) is 45.0. The number of amides is 1. The Balaban J connectivity index is 4.32. The van der Waals surface area contributed by atoms with Gasteiger partial charge in [0.1, 0.15) is 13.2 Å². The molecule has 0 aromatic heterocycles. The molecule has 0 saturated heterocycles. The van der Waals surface area contributed by atoms with Crippen LogP contribution in [0.1, 0.15) is 226 Å². The zero-order chi connectivity index (χ0) is 49.2. The van der Waals surface area contributed by atoms with Crippen molar-refractivity contribution in [2.24, 2.45) is 0 Å². The van der Waals surface area contributed by atoms with Crippen LogP contribution in [0, 0.1) is 0 Å². The highest BCUT2D eigenvalue weighted by Crippen LogP contribution is 2.38. The summed E-state index contributed by atoms with van der Waals surface area (Å²) < 4.78 is 23.3. The summed E-state index contributed by atoms with van der Waals surface area (Å²) in [7, 11) is 1.23. The summed E-state index contributed by atoms with van der Waals surface area (Å²) in [4.78, 5) is 25.5. The Hall–Kier alpha value is -2.32. The van der Waals surface area contributed by atoms with Gasteiger partial charge in [-0.1, -0.05) is 227 Å². The number of rotatable bonds is 49. The van der Waals surface area contributed by atoms with Gasteiger partial charge in [-0.25, -0.2) is 0 Å². The summed E-state index contributed by atoms with van der Waals surface area (Å²) >= 11 is 0. The summed E-state index contributed by atoms with van der Waals surface area (Å²) in [5.41, 5.74) is 0. The molecule has 0 heterocycles. The number of nitrogens with one attached hydrogen (secondary N) is 1. The Morgan fingerprint density at radius 1 is 0.537 bits per heavy atom. The van der Waals surface area contributed by atoms with Crippen molar-refractivity contribution in [2.75, 3.05) is 40.9 Å². The largest absolute Gasteiger partial charge is 0.756 e. The molecule has 0 saturated carbocycles. The second kappa shape index (κ2) is 48.7. The molecule has 2 N–H and O–H groups in total. The van der Waals surface area contributed by atoms with Gasteiger partial charge in [0.15, 0.2) is 0 Å². The first-order chi connectivity index (χ1) is 32.5. The van der Waals surface area contributed by atoms with Crippen LogP contribution in [0.4, 0.5) is 0 Å². The van der Waals surface area contributed by atoms with E-state index in [0.717, 1.165) is 83.5 Å². The summed E-state index contributed by atoms with van der Waals surface area (Å²) in [6.07, 6.45) is 67.9. The van der Waals surface area contributed by atoms with Gasteiger partial charge in [-0.2, -0.15) is 0 Å². The first kappa shape index (κ1) is 64.7. The van der Waals surface area contributed by atoms with E-state index in [0.29, 0.717) is 17.4 Å². The Morgan fingerprint density at radius 3 is 1.39 bits per heavy atom. The maximum Gasteiger partial charge on any atom is 0.268 e. The minimum Gasteiger partial charge on any atom is -0.756 e. The molecule has 388 valence electrons. The van der Waals surface area contributed by atoms with E-state index in [9.17, 15) is 19.4 Å². The molecule has 67 heavy (non-hydrogen) atoms. The van der Waals surface area contributed by atoms with Crippen LogP contribution in [0.5, 0.6) is 0 Å². The van der Waals surface area contributed by atoms with Gasteiger partial charge in [0, 0.05) is 6.42 Å². The predicted molar refractivity (Wildman–Crippen MR) is 288 cm³/mol. The Labute approximate surface area is 414 Å². The first-order valence-corrected chi connectivity index (χ1v) is 28.9. The molecule has 0 aliphatic carbocycles. The van der Waals surface area contributed by atoms with Crippen molar-refractivity contribution in [3.8, 4) is 0 Å². The Kier molecular flexibility index (Phi) is 47.0. The molecule has 0 aliphatic rings. The van der Waals surface area contributed by atoms with Crippen LogP contribution in [0.15, 0.2) is 85.1 Å². The maximum atomic E-state index is 12.9. The van der Waals surface area contributed by atoms with Crippen LogP contribution < -0.4 is 10.2 Å². The molecule has 0 bridgehead atoms. The van der Waals surface area contributed by atoms with Gasteiger partial charge in [0.05, 0.1) is 39.9 Å². The third-order valence-corrected chi connectivity index (χ3v) is 12.8. The minimum atomic E-state index is -4.61. The molecule has 0 rings (SSSR count). The van der Waals surface area contributed by atoms with Crippen molar-refractivity contribution < 1.29 is 32.9 Å². The number of carbonyl (C=O) groups excluding carboxylic acids is 1. The highest BCUT2D eigenvalue weighted by atomic mass is 31.2. The Morgan fingerprint density at radius 2 is 0.925 bits per heavy atom. The summed E-state index contributed by atoms with van der Waals surface area (Å²) in [5.74, 6) is -0.216. The van der Waals surface area contributed by atoms with Crippen LogP contribution >= 0.6 is 7.82 Å². The van der Waals surface area contributed by atoms with Crippen molar-refractivity contribution in [1.82, 2.24) is 5.32 Å². The van der Waals surface area contributed by atoms with Crippen LogP contribution in [0.3, 0.4) is 0 Å². The van der Waals surface area contributed by atoms with Crippen molar-refractivity contribution in [3.63, 3.8) is 0 Å². The van der Waals surface area contributed by atoms with Crippen molar-refractivity contribution >= 4 is 13.7 Å². The molecule has 0 radical (unpaired) electrons. The topological polar surface area (TPSA) is 108 Å². The minimum absolute atomic E-state index is 0.0114. The molecular weight excluding hydrogens is 852 g/mol. The molecule has 0 spiro atoms. The van der Waals surface area contributed by atoms with Crippen LogP contribution in [-0.4, -0.2) is 68.5 Å². The number of carbonyl (C=O) groups is 1. The Bertz CT molecular complexity index is 1360. The third-order valence-electron chi connectivity index (χ3n) is 11.8. The van der Waals surface area contributed by atoms with Crippen LogP contribution in [-0.2, 0) is 18.4 Å². The summed E-state index contributed by atoms with van der Waals surface area (Å²) in [5, 5.41) is 13.8. The molecule has 0 aromatic carbocycles. The van der Waals surface area contributed by atoms with Crippen molar-refractivity contribution in [3.05, 3.63) is 85.1 Å². The van der Waals surface area contributed by atoms with Crippen LogP contribution in [0.25, 0.3) is 0 Å². The fourth-order valence-electron chi connectivity index (χ4n) is 7.55. The van der Waals surface area contributed by atoms with E-state index in [2.05, 4.69) is 92.1 Å². The average Bonchev–Trinajstić information content (AvgIpc) is 3.29. The van der Waals surface area contributed by atoms with E-state index in [-0.39, 0.29) is 12.5 Å². The summed E-state index contributed by atoms with van der Waals surface area (Å²) in [6, 6.07) is -0.912. The van der Waals surface area contributed by atoms with E-state index in [4.69, 9.17) is 9.05 Å². The van der Waals surface area contributed by atoms with Crippen molar-refractivity contribution in [2.45, 2.75) is 238 Å². The van der Waals surface area contributed by atoms with E-state index in [1.54, 1.807) is 6.08 Å². The lowest BCUT2D eigenvalue weighted by Crippen LogP contribution is -2.45. The molecule has 0 aromatic rings. The molecule has 9 heteroatoms. The predicted octanol–water partition coefficient (Wildman–Crippen LogP) is 15.8.